The number of aromatic nitrogens is 1. The van der Waals surface area contributed by atoms with Crippen LogP contribution in [0.25, 0.3) is 0 Å². The van der Waals surface area contributed by atoms with Crippen LogP contribution in [0.1, 0.15) is 49.3 Å². The van der Waals surface area contributed by atoms with E-state index in [1.807, 2.05) is 24.5 Å². The summed E-state index contributed by atoms with van der Waals surface area (Å²) in [6, 6.07) is 12.6. The van der Waals surface area contributed by atoms with Gasteiger partial charge in [0, 0.05) is 18.4 Å². The third kappa shape index (κ3) is 5.03. The summed E-state index contributed by atoms with van der Waals surface area (Å²) < 4.78 is 5.27. The third-order valence-corrected chi connectivity index (χ3v) is 5.20. The van der Waals surface area contributed by atoms with Crippen molar-refractivity contribution in [1.82, 2.24) is 10.3 Å². The van der Waals surface area contributed by atoms with Gasteiger partial charge in [0.15, 0.2) is 0 Å². The Labute approximate surface area is 150 Å². The number of rotatable bonds is 9. The van der Waals surface area contributed by atoms with Gasteiger partial charge in [0.25, 0.3) is 0 Å². The maximum absolute atomic E-state index is 10.2. The van der Waals surface area contributed by atoms with Crippen molar-refractivity contribution in [2.45, 2.75) is 50.2 Å². The Kier molecular flexibility index (Phi) is 6.05. The van der Waals surface area contributed by atoms with Crippen molar-refractivity contribution >= 4 is 0 Å². The van der Waals surface area contributed by atoms with Gasteiger partial charge in [-0.2, -0.15) is 0 Å². The van der Waals surface area contributed by atoms with Gasteiger partial charge in [-0.25, -0.2) is 0 Å². The second kappa shape index (κ2) is 8.45. The van der Waals surface area contributed by atoms with Gasteiger partial charge in [-0.15, -0.1) is 0 Å². The number of hydrogen-bond donors (Lipinski definition) is 2. The summed E-state index contributed by atoms with van der Waals surface area (Å²) in [5, 5.41) is 13.9. The summed E-state index contributed by atoms with van der Waals surface area (Å²) in [5.41, 5.74) is 2.13. The van der Waals surface area contributed by atoms with Gasteiger partial charge in [0.1, 0.15) is 5.75 Å². The molecular formula is C21H28N2O2. The van der Waals surface area contributed by atoms with E-state index in [4.69, 9.17) is 4.74 Å². The fourth-order valence-corrected chi connectivity index (χ4v) is 3.43. The normalized spacial score (nSPS) is 16.9. The van der Waals surface area contributed by atoms with Crippen molar-refractivity contribution in [1.29, 1.82) is 0 Å². The average Bonchev–Trinajstić information content (AvgIpc) is 2.63. The molecule has 1 fully saturated rings. The van der Waals surface area contributed by atoms with Gasteiger partial charge >= 0.3 is 0 Å². The number of hydrogen-bond acceptors (Lipinski definition) is 4. The zero-order valence-corrected chi connectivity index (χ0v) is 14.9. The molecule has 1 heterocycles. The zero-order valence-electron chi connectivity index (χ0n) is 14.9. The first-order valence-corrected chi connectivity index (χ1v) is 9.17. The zero-order chi connectivity index (χ0) is 17.5. The van der Waals surface area contributed by atoms with Gasteiger partial charge in [-0.1, -0.05) is 12.1 Å². The highest BCUT2D eigenvalue weighted by atomic mass is 16.5. The molecule has 4 heteroatoms. The van der Waals surface area contributed by atoms with Crippen LogP contribution in [0, 0.1) is 0 Å². The van der Waals surface area contributed by atoms with Crippen LogP contribution in [0.5, 0.6) is 5.75 Å². The van der Waals surface area contributed by atoms with E-state index in [9.17, 15) is 5.11 Å². The van der Waals surface area contributed by atoms with Crippen molar-refractivity contribution in [2.24, 2.45) is 0 Å². The van der Waals surface area contributed by atoms with Crippen LogP contribution < -0.4 is 10.1 Å². The highest BCUT2D eigenvalue weighted by molar-refractivity contribution is 5.30. The van der Waals surface area contributed by atoms with Crippen molar-refractivity contribution in [3.05, 3.63) is 59.9 Å². The summed E-state index contributed by atoms with van der Waals surface area (Å²) in [4.78, 5) is 4.10. The van der Waals surface area contributed by atoms with E-state index in [0.29, 0.717) is 0 Å². The van der Waals surface area contributed by atoms with Gasteiger partial charge < -0.3 is 15.2 Å². The van der Waals surface area contributed by atoms with Crippen LogP contribution in [-0.4, -0.2) is 29.3 Å². The number of aliphatic hydroxyl groups is 1. The van der Waals surface area contributed by atoms with Crippen LogP contribution in [0.15, 0.2) is 48.8 Å². The van der Waals surface area contributed by atoms with Gasteiger partial charge in [0.05, 0.1) is 12.7 Å². The molecule has 2 N–H and O–H groups in total. The molecule has 25 heavy (non-hydrogen) atoms. The molecule has 134 valence electrons. The van der Waals surface area contributed by atoms with Crippen LogP contribution in [0.4, 0.5) is 0 Å². The van der Waals surface area contributed by atoms with Gasteiger partial charge in [-0.3, -0.25) is 4.98 Å². The maximum atomic E-state index is 10.2. The minimum absolute atomic E-state index is 0.240. The largest absolute Gasteiger partial charge is 0.497 e. The standard InChI is InChI=1S/C21H28N2O2/c1-25-19-6-4-18(5-7-19)20(16-17-8-14-22-15-9-17)23-13-3-12-21(24)10-2-11-21/h4-9,14-15,20,23-24H,2-3,10-13,16H2,1H3/t20-/m0/s1. The van der Waals surface area contributed by atoms with Crippen LogP contribution in [-0.2, 0) is 6.42 Å². The van der Waals surface area contributed by atoms with Crippen molar-refractivity contribution in [2.75, 3.05) is 13.7 Å². The molecule has 1 atom stereocenters. The number of methoxy groups -OCH3 is 1. The van der Waals surface area contributed by atoms with E-state index < -0.39 is 0 Å². The second-order valence-electron chi connectivity index (χ2n) is 7.02. The Hall–Kier alpha value is -1.91. The Morgan fingerprint density at radius 1 is 1.16 bits per heavy atom. The van der Waals surface area contributed by atoms with Crippen LogP contribution in [0.2, 0.25) is 0 Å². The summed E-state index contributed by atoms with van der Waals surface area (Å²) in [7, 11) is 1.69. The Bertz CT molecular complexity index is 639. The molecular weight excluding hydrogens is 312 g/mol. The van der Waals surface area contributed by atoms with E-state index >= 15 is 0 Å². The van der Waals surface area contributed by atoms with Crippen LogP contribution >= 0.6 is 0 Å². The molecule has 1 aliphatic rings. The lowest BCUT2D eigenvalue weighted by Gasteiger charge is -2.36. The fraction of sp³-hybridized carbons (Fsp3) is 0.476. The maximum Gasteiger partial charge on any atom is 0.118 e. The lowest BCUT2D eigenvalue weighted by molar-refractivity contribution is -0.0415. The molecule has 4 nitrogen and oxygen atoms in total. The topological polar surface area (TPSA) is 54.4 Å². The first-order valence-electron chi connectivity index (χ1n) is 9.17. The van der Waals surface area contributed by atoms with Crippen LogP contribution in [0.3, 0.4) is 0 Å². The molecule has 2 aromatic rings. The van der Waals surface area contributed by atoms with Gasteiger partial charge in [-0.05, 0) is 80.5 Å². The van der Waals surface area contributed by atoms with E-state index in [2.05, 4.69) is 34.6 Å². The Morgan fingerprint density at radius 3 is 2.48 bits per heavy atom. The molecule has 0 bridgehead atoms. The number of nitrogens with zero attached hydrogens (tertiary/aromatic N) is 1. The minimum Gasteiger partial charge on any atom is -0.497 e. The summed E-state index contributed by atoms with van der Waals surface area (Å²) in [5.74, 6) is 0.874. The summed E-state index contributed by atoms with van der Waals surface area (Å²) >= 11 is 0. The number of nitrogens with one attached hydrogen (secondary N) is 1. The molecule has 1 aromatic carbocycles. The predicted octanol–water partition coefficient (Wildman–Crippen LogP) is 3.66. The molecule has 0 saturated heterocycles. The first kappa shape index (κ1) is 17.9. The fourth-order valence-electron chi connectivity index (χ4n) is 3.43. The van der Waals surface area contributed by atoms with E-state index in [0.717, 1.165) is 44.4 Å². The molecule has 0 radical (unpaired) electrons. The Balaban J connectivity index is 1.60. The minimum atomic E-state index is -0.387. The van der Waals surface area contributed by atoms with Crippen molar-refractivity contribution in [3.63, 3.8) is 0 Å². The number of benzene rings is 1. The van der Waals surface area contributed by atoms with E-state index in [1.165, 1.54) is 17.5 Å². The molecule has 1 aromatic heterocycles. The summed E-state index contributed by atoms with van der Waals surface area (Å²) in [6.07, 6.45) is 9.58. The smallest absolute Gasteiger partial charge is 0.118 e. The average molecular weight is 340 g/mol. The number of pyridine rings is 1. The quantitative estimate of drug-likeness (QED) is 0.684. The third-order valence-electron chi connectivity index (χ3n) is 5.20. The molecule has 1 saturated carbocycles. The molecule has 0 spiro atoms. The predicted molar refractivity (Wildman–Crippen MR) is 99.7 cm³/mol. The SMILES string of the molecule is COc1ccc([C@H](Cc2ccncc2)NCCCC2(O)CCC2)cc1. The highest BCUT2D eigenvalue weighted by Gasteiger charge is 2.33. The lowest BCUT2D eigenvalue weighted by atomic mass is 9.77. The first-order chi connectivity index (χ1) is 12.2. The van der Waals surface area contributed by atoms with E-state index in [1.54, 1.807) is 7.11 Å². The molecule has 0 unspecified atom stereocenters. The van der Waals surface area contributed by atoms with Crippen molar-refractivity contribution in [3.8, 4) is 5.75 Å². The molecule has 0 amide bonds. The summed E-state index contributed by atoms with van der Waals surface area (Å²) in [6.45, 7) is 0.907. The van der Waals surface area contributed by atoms with E-state index in [-0.39, 0.29) is 11.6 Å². The monoisotopic (exact) mass is 340 g/mol. The second-order valence-corrected chi connectivity index (χ2v) is 7.02. The Morgan fingerprint density at radius 2 is 1.88 bits per heavy atom. The highest BCUT2D eigenvalue weighted by Crippen LogP contribution is 2.35. The lowest BCUT2D eigenvalue weighted by Crippen LogP contribution is -2.37. The number of ether oxygens (including phenoxy) is 1. The molecule has 1 aliphatic carbocycles. The van der Waals surface area contributed by atoms with Crippen molar-refractivity contribution < 1.29 is 9.84 Å². The molecule has 0 aliphatic heterocycles. The molecule has 3 rings (SSSR count). The van der Waals surface area contributed by atoms with Gasteiger partial charge in [0.2, 0.25) is 0 Å².